The van der Waals surface area contributed by atoms with Gasteiger partial charge < -0.3 is 25.4 Å². The molecule has 0 aliphatic heterocycles. The van der Waals surface area contributed by atoms with Crippen LogP contribution in [0.3, 0.4) is 0 Å². The van der Waals surface area contributed by atoms with Gasteiger partial charge >= 0.3 is 6.09 Å². The number of phenols is 1. The standard InChI is InChI=1S/C32H47N3O5/c1-9-11-19-33-28(37)27(24-17-18-26(36)22(3)20-24)35(32(7,8)10-2)29(38)25(21-23-15-13-12-14-16-23)34-30(39)40-31(4,5)6/h12-18,20,25,27,36H,9-11,19,21H2,1-8H3,(H,33,37)(H,34,39). The number of nitrogens with zero attached hydrogens (tertiary/aromatic N) is 1. The van der Waals surface area contributed by atoms with Crippen molar-refractivity contribution in [2.24, 2.45) is 0 Å². The first-order valence-electron chi connectivity index (χ1n) is 14.1. The molecule has 8 heteroatoms. The molecule has 0 aliphatic rings. The highest BCUT2D eigenvalue weighted by Gasteiger charge is 2.43. The second kappa shape index (κ2) is 14.2. The lowest BCUT2D eigenvalue weighted by Gasteiger charge is -2.44. The van der Waals surface area contributed by atoms with Crippen LogP contribution in [0.25, 0.3) is 0 Å². The number of ether oxygens (including phenoxy) is 1. The number of alkyl carbamates (subject to hydrolysis) is 1. The third-order valence-electron chi connectivity index (χ3n) is 6.90. The van der Waals surface area contributed by atoms with E-state index in [0.717, 1.165) is 18.4 Å². The number of unbranched alkanes of at least 4 members (excludes halogenated alkanes) is 1. The molecule has 0 radical (unpaired) electrons. The molecular weight excluding hydrogens is 506 g/mol. The summed E-state index contributed by atoms with van der Waals surface area (Å²) in [5.74, 6) is -0.609. The van der Waals surface area contributed by atoms with E-state index < -0.39 is 35.2 Å². The maximum atomic E-state index is 14.6. The smallest absolute Gasteiger partial charge is 0.408 e. The van der Waals surface area contributed by atoms with Gasteiger partial charge in [0.25, 0.3) is 0 Å². The number of aromatic hydroxyl groups is 1. The van der Waals surface area contributed by atoms with Crippen molar-refractivity contribution in [3.8, 4) is 5.75 Å². The molecule has 0 saturated carbocycles. The Labute approximate surface area is 239 Å². The Morgan fingerprint density at radius 1 is 1.00 bits per heavy atom. The number of hydrogen-bond donors (Lipinski definition) is 3. The van der Waals surface area contributed by atoms with Crippen LogP contribution in [-0.4, -0.2) is 51.6 Å². The predicted octanol–water partition coefficient (Wildman–Crippen LogP) is 5.81. The molecule has 0 spiro atoms. The van der Waals surface area contributed by atoms with Gasteiger partial charge in [0, 0.05) is 18.5 Å². The molecule has 0 saturated heterocycles. The fourth-order valence-corrected chi connectivity index (χ4v) is 4.36. The Bertz CT molecular complexity index is 1140. The zero-order valence-electron chi connectivity index (χ0n) is 25.3. The van der Waals surface area contributed by atoms with Crippen molar-refractivity contribution in [1.82, 2.24) is 15.5 Å². The van der Waals surface area contributed by atoms with Gasteiger partial charge in [0.05, 0.1) is 0 Å². The van der Waals surface area contributed by atoms with Gasteiger partial charge in [-0.2, -0.15) is 0 Å². The molecule has 0 bridgehead atoms. The van der Waals surface area contributed by atoms with E-state index in [1.165, 1.54) is 0 Å². The Morgan fingerprint density at radius 2 is 1.65 bits per heavy atom. The Morgan fingerprint density at radius 3 is 2.20 bits per heavy atom. The Hall–Kier alpha value is -3.55. The predicted molar refractivity (Wildman–Crippen MR) is 158 cm³/mol. The number of phenolic OH excluding ortho intramolecular Hbond substituents is 1. The normalized spacial score (nSPS) is 13.2. The number of rotatable bonds is 12. The molecule has 3 N–H and O–H groups in total. The number of hydrogen-bond acceptors (Lipinski definition) is 5. The minimum Gasteiger partial charge on any atom is -0.508 e. The lowest BCUT2D eigenvalue weighted by Crippen LogP contribution is -2.60. The third-order valence-corrected chi connectivity index (χ3v) is 6.90. The van der Waals surface area contributed by atoms with Crippen LogP contribution in [-0.2, 0) is 20.7 Å². The van der Waals surface area contributed by atoms with Crippen molar-refractivity contribution in [3.05, 3.63) is 65.2 Å². The summed E-state index contributed by atoms with van der Waals surface area (Å²) in [7, 11) is 0. The molecule has 2 aromatic carbocycles. The average Bonchev–Trinajstić information content (AvgIpc) is 2.87. The van der Waals surface area contributed by atoms with Crippen LogP contribution < -0.4 is 10.6 Å². The van der Waals surface area contributed by atoms with Crippen LogP contribution >= 0.6 is 0 Å². The van der Waals surface area contributed by atoms with Gasteiger partial charge in [0.15, 0.2) is 0 Å². The SMILES string of the molecule is CCCCNC(=O)C(c1ccc(O)c(C)c1)N(C(=O)C(Cc1ccccc1)NC(=O)OC(C)(C)C)C(C)(C)CC. The topological polar surface area (TPSA) is 108 Å². The lowest BCUT2D eigenvalue weighted by atomic mass is 9.90. The summed E-state index contributed by atoms with van der Waals surface area (Å²) in [5.41, 5.74) is 0.516. The van der Waals surface area contributed by atoms with Crippen LogP contribution in [0.15, 0.2) is 48.5 Å². The molecule has 220 valence electrons. The summed E-state index contributed by atoms with van der Waals surface area (Å²) in [6, 6.07) is 12.4. The van der Waals surface area contributed by atoms with Crippen molar-refractivity contribution < 1.29 is 24.2 Å². The van der Waals surface area contributed by atoms with E-state index in [0.29, 0.717) is 24.1 Å². The Balaban J connectivity index is 2.65. The summed E-state index contributed by atoms with van der Waals surface area (Å²) in [5, 5.41) is 16.0. The van der Waals surface area contributed by atoms with Gasteiger partial charge in [0.1, 0.15) is 23.4 Å². The zero-order chi connectivity index (χ0) is 30.1. The second-order valence-corrected chi connectivity index (χ2v) is 11.9. The molecule has 2 aromatic rings. The van der Waals surface area contributed by atoms with Crippen molar-refractivity contribution in [1.29, 1.82) is 0 Å². The van der Waals surface area contributed by atoms with E-state index in [4.69, 9.17) is 4.74 Å². The number of carbonyl (C=O) groups excluding carboxylic acids is 3. The minimum absolute atomic E-state index is 0.107. The molecule has 2 rings (SSSR count). The number of benzene rings is 2. The van der Waals surface area contributed by atoms with Crippen LogP contribution in [0.5, 0.6) is 5.75 Å². The van der Waals surface area contributed by atoms with Crippen molar-refractivity contribution in [2.45, 2.75) is 104 Å². The zero-order valence-corrected chi connectivity index (χ0v) is 25.3. The van der Waals surface area contributed by atoms with E-state index in [1.54, 1.807) is 50.8 Å². The van der Waals surface area contributed by atoms with Gasteiger partial charge in [-0.25, -0.2) is 4.79 Å². The summed E-state index contributed by atoms with van der Waals surface area (Å²) >= 11 is 0. The van der Waals surface area contributed by atoms with Crippen LogP contribution in [0.1, 0.15) is 90.5 Å². The Kier molecular flexibility index (Phi) is 11.6. The van der Waals surface area contributed by atoms with E-state index in [9.17, 15) is 19.5 Å². The van der Waals surface area contributed by atoms with Gasteiger partial charge in [-0.15, -0.1) is 0 Å². The van der Waals surface area contributed by atoms with E-state index in [1.807, 2.05) is 58.0 Å². The van der Waals surface area contributed by atoms with Crippen molar-refractivity contribution in [2.75, 3.05) is 6.54 Å². The number of carbonyl (C=O) groups is 3. The minimum atomic E-state index is -0.993. The molecule has 2 atom stereocenters. The number of nitrogens with one attached hydrogen (secondary N) is 2. The monoisotopic (exact) mass is 553 g/mol. The largest absolute Gasteiger partial charge is 0.508 e. The molecule has 2 unspecified atom stereocenters. The summed E-state index contributed by atoms with van der Waals surface area (Å²) < 4.78 is 5.51. The molecule has 3 amide bonds. The van der Waals surface area contributed by atoms with E-state index in [-0.39, 0.29) is 18.1 Å². The number of aryl methyl sites for hydroxylation is 1. The highest BCUT2D eigenvalue weighted by Crippen LogP contribution is 2.34. The number of amides is 3. The molecule has 0 aromatic heterocycles. The molecule has 8 nitrogen and oxygen atoms in total. The highest BCUT2D eigenvalue weighted by molar-refractivity contribution is 5.93. The summed E-state index contributed by atoms with van der Waals surface area (Å²) in [4.78, 5) is 42.9. The third kappa shape index (κ3) is 9.28. The summed E-state index contributed by atoms with van der Waals surface area (Å²) in [6.45, 7) is 15.3. The first-order valence-corrected chi connectivity index (χ1v) is 14.1. The summed E-state index contributed by atoms with van der Waals surface area (Å²) in [6.07, 6.45) is 1.77. The second-order valence-electron chi connectivity index (χ2n) is 11.9. The first-order chi connectivity index (χ1) is 18.7. The van der Waals surface area contributed by atoms with Crippen LogP contribution in [0.4, 0.5) is 4.79 Å². The molecule has 0 heterocycles. The van der Waals surface area contributed by atoms with Gasteiger partial charge in [-0.1, -0.05) is 56.7 Å². The average molecular weight is 554 g/mol. The van der Waals surface area contributed by atoms with E-state index >= 15 is 0 Å². The maximum Gasteiger partial charge on any atom is 0.408 e. The maximum absolute atomic E-state index is 14.6. The van der Waals surface area contributed by atoms with Gasteiger partial charge in [0.2, 0.25) is 11.8 Å². The van der Waals surface area contributed by atoms with Gasteiger partial charge in [-0.3, -0.25) is 9.59 Å². The quantitative estimate of drug-likeness (QED) is 0.288. The fraction of sp³-hybridized carbons (Fsp3) is 0.531. The van der Waals surface area contributed by atoms with Crippen molar-refractivity contribution in [3.63, 3.8) is 0 Å². The van der Waals surface area contributed by atoms with Gasteiger partial charge in [-0.05, 0) is 83.2 Å². The first kappa shape index (κ1) is 32.7. The van der Waals surface area contributed by atoms with Crippen LogP contribution in [0.2, 0.25) is 0 Å². The molecular formula is C32H47N3O5. The molecule has 0 aliphatic carbocycles. The molecule has 40 heavy (non-hydrogen) atoms. The fourth-order valence-electron chi connectivity index (χ4n) is 4.36. The van der Waals surface area contributed by atoms with E-state index in [2.05, 4.69) is 10.6 Å². The van der Waals surface area contributed by atoms with Crippen LogP contribution in [0, 0.1) is 6.92 Å². The lowest BCUT2D eigenvalue weighted by molar-refractivity contribution is -0.149. The van der Waals surface area contributed by atoms with Crippen molar-refractivity contribution >= 4 is 17.9 Å². The highest BCUT2D eigenvalue weighted by atomic mass is 16.6. The molecule has 0 fully saturated rings.